The zero-order chi connectivity index (χ0) is 14.4. The quantitative estimate of drug-likeness (QED) is 0.649. The lowest BCUT2D eigenvalue weighted by Crippen LogP contribution is -2.42. The predicted octanol–water partition coefficient (Wildman–Crippen LogP) is 1.76. The minimum absolute atomic E-state index is 0.573. The highest BCUT2D eigenvalue weighted by atomic mass is 15.2. The van der Waals surface area contributed by atoms with Crippen LogP contribution in [0.5, 0.6) is 0 Å². The van der Waals surface area contributed by atoms with Crippen molar-refractivity contribution in [2.24, 2.45) is 4.99 Å². The molecule has 5 heteroatoms. The van der Waals surface area contributed by atoms with Gasteiger partial charge >= 0.3 is 0 Å². The van der Waals surface area contributed by atoms with E-state index in [-0.39, 0.29) is 0 Å². The van der Waals surface area contributed by atoms with Crippen molar-refractivity contribution in [1.82, 2.24) is 15.6 Å². The van der Waals surface area contributed by atoms with Crippen molar-refractivity contribution in [3.63, 3.8) is 0 Å². The lowest BCUT2D eigenvalue weighted by Gasteiger charge is -2.19. The van der Waals surface area contributed by atoms with Crippen LogP contribution < -0.4 is 15.5 Å². The van der Waals surface area contributed by atoms with Crippen LogP contribution in [0.1, 0.15) is 31.2 Å². The Morgan fingerprint density at radius 3 is 2.80 bits per heavy atom. The molecule has 0 aliphatic heterocycles. The minimum Gasteiger partial charge on any atom is -0.362 e. The molecule has 1 aliphatic rings. The Morgan fingerprint density at radius 2 is 2.15 bits per heavy atom. The Balaban J connectivity index is 1.93. The number of nitrogens with one attached hydrogen (secondary N) is 2. The second-order valence-electron chi connectivity index (χ2n) is 5.43. The summed E-state index contributed by atoms with van der Waals surface area (Å²) in [6, 6.07) is 4.64. The van der Waals surface area contributed by atoms with Crippen LogP contribution in [0.3, 0.4) is 0 Å². The van der Waals surface area contributed by atoms with Crippen molar-refractivity contribution in [3.8, 4) is 0 Å². The van der Waals surface area contributed by atoms with Crippen LogP contribution in [0.4, 0.5) is 5.82 Å². The maximum atomic E-state index is 4.41. The van der Waals surface area contributed by atoms with E-state index < -0.39 is 0 Å². The topological polar surface area (TPSA) is 52.6 Å². The van der Waals surface area contributed by atoms with Gasteiger partial charge in [-0.2, -0.15) is 0 Å². The monoisotopic (exact) mass is 275 g/mol. The summed E-state index contributed by atoms with van der Waals surface area (Å²) in [7, 11) is 5.84. The van der Waals surface area contributed by atoms with Gasteiger partial charge in [0, 0.05) is 45.5 Å². The van der Waals surface area contributed by atoms with Crippen LogP contribution in [-0.4, -0.2) is 38.1 Å². The number of anilines is 1. The fourth-order valence-electron chi connectivity index (χ4n) is 2.61. The molecule has 0 unspecified atom stereocenters. The first-order chi connectivity index (χ1) is 9.70. The third-order valence-electron chi connectivity index (χ3n) is 3.66. The van der Waals surface area contributed by atoms with E-state index in [9.17, 15) is 0 Å². The summed E-state index contributed by atoms with van der Waals surface area (Å²) < 4.78 is 0. The third kappa shape index (κ3) is 3.85. The van der Waals surface area contributed by atoms with Gasteiger partial charge in [-0.1, -0.05) is 18.9 Å². The summed E-state index contributed by atoms with van der Waals surface area (Å²) in [6.45, 7) is 0.730. The van der Waals surface area contributed by atoms with Crippen LogP contribution in [0.25, 0.3) is 0 Å². The highest BCUT2D eigenvalue weighted by Crippen LogP contribution is 2.17. The van der Waals surface area contributed by atoms with Gasteiger partial charge in [-0.15, -0.1) is 0 Å². The zero-order valence-electron chi connectivity index (χ0n) is 12.7. The number of aliphatic imine (C=N–C) groups is 1. The van der Waals surface area contributed by atoms with E-state index in [1.165, 1.54) is 31.2 Å². The molecule has 1 fully saturated rings. The molecule has 0 radical (unpaired) electrons. The molecule has 1 aliphatic carbocycles. The van der Waals surface area contributed by atoms with E-state index in [0.717, 1.165) is 18.3 Å². The van der Waals surface area contributed by atoms with Gasteiger partial charge in [-0.05, 0) is 18.9 Å². The molecule has 1 heterocycles. The van der Waals surface area contributed by atoms with Crippen molar-refractivity contribution in [2.45, 2.75) is 38.3 Å². The summed E-state index contributed by atoms with van der Waals surface area (Å²) >= 11 is 0. The van der Waals surface area contributed by atoms with Gasteiger partial charge < -0.3 is 15.5 Å². The number of rotatable bonds is 4. The molecule has 2 N–H and O–H groups in total. The van der Waals surface area contributed by atoms with Gasteiger partial charge in [0.1, 0.15) is 5.82 Å². The number of hydrogen-bond donors (Lipinski definition) is 2. The molecule has 0 bridgehead atoms. The van der Waals surface area contributed by atoms with Crippen molar-refractivity contribution < 1.29 is 0 Å². The van der Waals surface area contributed by atoms with E-state index in [1.54, 1.807) is 0 Å². The van der Waals surface area contributed by atoms with Gasteiger partial charge in [-0.3, -0.25) is 4.99 Å². The SMILES string of the molecule is CN=C(NCc1cccnc1N(C)C)NC1CCCC1. The van der Waals surface area contributed by atoms with Crippen LogP contribution in [0.2, 0.25) is 0 Å². The zero-order valence-corrected chi connectivity index (χ0v) is 12.7. The lowest BCUT2D eigenvalue weighted by atomic mass is 10.2. The van der Waals surface area contributed by atoms with Crippen LogP contribution in [0, 0.1) is 0 Å². The fourth-order valence-corrected chi connectivity index (χ4v) is 2.61. The van der Waals surface area contributed by atoms with Crippen LogP contribution in [0.15, 0.2) is 23.3 Å². The maximum absolute atomic E-state index is 4.41. The molecule has 1 aromatic heterocycles. The average molecular weight is 275 g/mol. The fraction of sp³-hybridized carbons (Fsp3) is 0.600. The first kappa shape index (κ1) is 14.6. The second-order valence-corrected chi connectivity index (χ2v) is 5.43. The lowest BCUT2D eigenvalue weighted by molar-refractivity contribution is 0.613. The van der Waals surface area contributed by atoms with E-state index in [4.69, 9.17) is 0 Å². The van der Waals surface area contributed by atoms with Gasteiger partial charge in [0.05, 0.1) is 0 Å². The Kier molecular flexibility index (Phi) is 5.21. The molecule has 20 heavy (non-hydrogen) atoms. The van der Waals surface area contributed by atoms with Gasteiger partial charge in [-0.25, -0.2) is 4.98 Å². The highest BCUT2D eigenvalue weighted by Gasteiger charge is 2.16. The normalized spacial score (nSPS) is 16.2. The summed E-state index contributed by atoms with van der Waals surface area (Å²) in [5, 5.41) is 6.87. The molecule has 1 saturated carbocycles. The number of hydrogen-bond acceptors (Lipinski definition) is 3. The van der Waals surface area contributed by atoms with Crippen molar-refractivity contribution in [2.75, 3.05) is 26.0 Å². The minimum atomic E-state index is 0.573. The van der Waals surface area contributed by atoms with E-state index in [0.29, 0.717) is 6.04 Å². The molecule has 0 amide bonds. The van der Waals surface area contributed by atoms with E-state index >= 15 is 0 Å². The summed E-state index contributed by atoms with van der Waals surface area (Å²) in [6.07, 6.45) is 6.96. The molecule has 0 saturated heterocycles. The number of pyridine rings is 1. The smallest absolute Gasteiger partial charge is 0.191 e. The van der Waals surface area contributed by atoms with E-state index in [1.807, 2.05) is 38.3 Å². The highest BCUT2D eigenvalue weighted by molar-refractivity contribution is 5.80. The largest absolute Gasteiger partial charge is 0.362 e. The molecule has 2 rings (SSSR count). The molecule has 0 spiro atoms. The first-order valence-corrected chi connectivity index (χ1v) is 7.29. The summed E-state index contributed by atoms with van der Waals surface area (Å²) in [5.41, 5.74) is 1.17. The Hall–Kier alpha value is -1.78. The number of guanidine groups is 1. The Bertz CT molecular complexity index is 449. The standard InChI is InChI=1S/C15H25N5/c1-16-15(19-13-8-4-5-9-13)18-11-12-7-6-10-17-14(12)20(2)3/h6-7,10,13H,4-5,8-9,11H2,1-3H3,(H2,16,18,19). The molecule has 0 atom stereocenters. The van der Waals surface area contributed by atoms with Gasteiger partial charge in [0.2, 0.25) is 0 Å². The number of nitrogens with zero attached hydrogens (tertiary/aromatic N) is 3. The van der Waals surface area contributed by atoms with Crippen LogP contribution in [-0.2, 0) is 6.54 Å². The second kappa shape index (κ2) is 7.12. The van der Waals surface area contributed by atoms with Crippen LogP contribution >= 0.6 is 0 Å². The summed E-state index contributed by atoms with van der Waals surface area (Å²) in [4.78, 5) is 10.7. The Morgan fingerprint density at radius 1 is 1.40 bits per heavy atom. The van der Waals surface area contributed by atoms with Crippen molar-refractivity contribution >= 4 is 11.8 Å². The Labute approximate surface area is 121 Å². The van der Waals surface area contributed by atoms with Gasteiger partial charge in [0.25, 0.3) is 0 Å². The van der Waals surface area contributed by atoms with Crippen molar-refractivity contribution in [1.29, 1.82) is 0 Å². The summed E-state index contributed by atoms with van der Waals surface area (Å²) in [5.74, 6) is 1.88. The molecular formula is C15H25N5. The van der Waals surface area contributed by atoms with Gasteiger partial charge in [0.15, 0.2) is 5.96 Å². The van der Waals surface area contributed by atoms with E-state index in [2.05, 4.69) is 26.7 Å². The molecular weight excluding hydrogens is 250 g/mol. The predicted molar refractivity (Wildman–Crippen MR) is 84.2 cm³/mol. The molecule has 110 valence electrons. The first-order valence-electron chi connectivity index (χ1n) is 7.29. The molecule has 1 aromatic rings. The number of aromatic nitrogens is 1. The maximum Gasteiger partial charge on any atom is 0.191 e. The molecule has 0 aromatic carbocycles. The third-order valence-corrected chi connectivity index (χ3v) is 3.66. The average Bonchev–Trinajstić information content (AvgIpc) is 2.96. The molecule has 5 nitrogen and oxygen atoms in total. The van der Waals surface area contributed by atoms with Crippen molar-refractivity contribution in [3.05, 3.63) is 23.9 Å².